The first-order valence-electron chi connectivity index (χ1n) is 7.41. The van der Waals surface area contributed by atoms with Crippen LogP contribution in [-0.2, 0) is 17.7 Å². The van der Waals surface area contributed by atoms with Crippen LogP contribution in [0.4, 0.5) is 0 Å². The van der Waals surface area contributed by atoms with E-state index in [1.165, 1.54) is 5.56 Å². The van der Waals surface area contributed by atoms with Crippen LogP contribution in [0, 0.1) is 12.8 Å². The molecule has 21 heavy (non-hydrogen) atoms. The van der Waals surface area contributed by atoms with Crippen molar-refractivity contribution in [3.63, 3.8) is 0 Å². The molecule has 0 amide bonds. The summed E-state index contributed by atoms with van der Waals surface area (Å²) in [6.07, 6.45) is 6.20. The van der Waals surface area contributed by atoms with E-state index in [1.807, 2.05) is 19.3 Å². The molecule has 0 aromatic carbocycles. The van der Waals surface area contributed by atoms with Crippen LogP contribution in [0.15, 0.2) is 16.9 Å². The summed E-state index contributed by atoms with van der Waals surface area (Å²) >= 11 is 0. The zero-order chi connectivity index (χ0) is 14.2. The van der Waals surface area contributed by atoms with E-state index < -0.39 is 0 Å². The fourth-order valence-corrected chi connectivity index (χ4v) is 3.45. The number of ether oxygens (including phenoxy) is 1. The van der Waals surface area contributed by atoms with E-state index in [4.69, 9.17) is 9.26 Å². The first kappa shape index (κ1) is 13.0. The number of likely N-dealkylation sites (tertiary alicyclic amines) is 1. The Bertz CT molecular complexity index is 582. The van der Waals surface area contributed by atoms with Gasteiger partial charge in [0.1, 0.15) is 0 Å². The molecule has 7 heteroatoms. The van der Waals surface area contributed by atoms with E-state index in [0.29, 0.717) is 23.7 Å². The normalized spacial score (nSPS) is 29.1. The Morgan fingerprint density at radius 3 is 3.10 bits per heavy atom. The highest BCUT2D eigenvalue weighted by atomic mass is 16.5. The predicted octanol–water partition coefficient (Wildman–Crippen LogP) is 0.933. The quantitative estimate of drug-likeness (QED) is 0.902. The minimum atomic E-state index is 0.218. The molecule has 7 nitrogen and oxygen atoms in total. The molecule has 0 aliphatic carbocycles. The van der Waals surface area contributed by atoms with Gasteiger partial charge in [0.05, 0.1) is 24.8 Å². The third-order valence-electron chi connectivity index (χ3n) is 4.32. The minimum Gasteiger partial charge on any atom is -0.373 e. The van der Waals surface area contributed by atoms with Gasteiger partial charge in [0.2, 0.25) is 5.89 Å². The van der Waals surface area contributed by atoms with Crippen LogP contribution in [0.2, 0.25) is 0 Å². The molecule has 1 N–H and O–H groups in total. The molecule has 0 unspecified atom stereocenters. The zero-order valence-corrected chi connectivity index (χ0v) is 12.0. The van der Waals surface area contributed by atoms with Crippen LogP contribution in [0.25, 0.3) is 0 Å². The molecule has 0 saturated carbocycles. The SMILES string of the molecule is Cc1noc(C[C@H]2C[C@H]3CN(Cc4cn[nH]c4)C[C@H]3O2)n1. The minimum absolute atomic E-state index is 0.218. The summed E-state index contributed by atoms with van der Waals surface area (Å²) in [5.41, 5.74) is 1.23. The molecule has 2 fully saturated rings. The van der Waals surface area contributed by atoms with Crippen LogP contribution in [0.1, 0.15) is 23.7 Å². The molecule has 2 saturated heterocycles. The topological polar surface area (TPSA) is 80.1 Å². The summed E-state index contributed by atoms with van der Waals surface area (Å²) in [6.45, 7) is 4.87. The maximum absolute atomic E-state index is 6.16. The summed E-state index contributed by atoms with van der Waals surface area (Å²) in [5, 5.41) is 10.7. The average Bonchev–Trinajstić information content (AvgIpc) is 3.16. The first-order valence-corrected chi connectivity index (χ1v) is 7.41. The van der Waals surface area contributed by atoms with Gasteiger partial charge in [-0.3, -0.25) is 10.00 Å². The van der Waals surface area contributed by atoms with Crippen molar-refractivity contribution in [1.29, 1.82) is 0 Å². The number of hydrogen-bond acceptors (Lipinski definition) is 6. The van der Waals surface area contributed by atoms with Gasteiger partial charge in [0.25, 0.3) is 0 Å². The summed E-state index contributed by atoms with van der Waals surface area (Å²) in [7, 11) is 0. The first-order chi connectivity index (χ1) is 10.3. The molecule has 3 atom stereocenters. The van der Waals surface area contributed by atoms with E-state index >= 15 is 0 Å². The van der Waals surface area contributed by atoms with Gasteiger partial charge in [0.15, 0.2) is 5.82 Å². The van der Waals surface area contributed by atoms with Crippen molar-refractivity contribution in [1.82, 2.24) is 25.2 Å². The third kappa shape index (κ3) is 2.71. The van der Waals surface area contributed by atoms with Crippen LogP contribution < -0.4 is 0 Å². The summed E-state index contributed by atoms with van der Waals surface area (Å²) in [4.78, 5) is 6.69. The summed E-state index contributed by atoms with van der Waals surface area (Å²) < 4.78 is 11.3. The highest BCUT2D eigenvalue weighted by Crippen LogP contribution is 2.34. The molecule has 112 valence electrons. The smallest absolute Gasteiger partial charge is 0.229 e. The Labute approximate surface area is 122 Å². The Balaban J connectivity index is 1.31. The second-order valence-corrected chi connectivity index (χ2v) is 6.03. The third-order valence-corrected chi connectivity index (χ3v) is 4.32. The fraction of sp³-hybridized carbons (Fsp3) is 0.643. The van der Waals surface area contributed by atoms with E-state index in [-0.39, 0.29) is 6.10 Å². The van der Waals surface area contributed by atoms with Gasteiger partial charge >= 0.3 is 0 Å². The molecule has 2 aromatic rings. The Morgan fingerprint density at radius 2 is 2.38 bits per heavy atom. The lowest BCUT2D eigenvalue weighted by Gasteiger charge is -2.17. The zero-order valence-electron chi connectivity index (χ0n) is 12.0. The molecule has 4 heterocycles. The van der Waals surface area contributed by atoms with Crippen molar-refractivity contribution in [2.24, 2.45) is 5.92 Å². The van der Waals surface area contributed by atoms with E-state index in [0.717, 1.165) is 32.5 Å². The van der Waals surface area contributed by atoms with Crippen molar-refractivity contribution in [3.05, 3.63) is 29.7 Å². The number of aromatic amines is 1. The largest absolute Gasteiger partial charge is 0.373 e. The lowest BCUT2D eigenvalue weighted by molar-refractivity contribution is 0.0343. The number of aromatic nitrogens is 4. The van der Waals surface area contributed by atoms with Gasteiger partial charge in [-0.2, -0.15) is 10.1 Å². The van der Waals surface area contributed by atoms with E-state index in [2.05, 4.69) is 25.2 Å². The van der Waals surface area contributed by atoms with Crippen LogP contribution >= 0.6 is 0 Å². The Morgan fingerprint density at radius 1 is 1.43 bits per heavy atom. The Kier molecular flexibility index (Phi) is 3.23. The lowest BCUT2D eigenvalue weighted by atomic mass is 10.0. The van der Waals surface area contributed by atoms with Crippen LogP contribution in [-0.4, -0.2) is 50.5 Å². The summed E-state index contributed by atoms with van der Waals surface area (Å²) in [5.74, 6) is 1.99. The van der Waals surface area contributed by atoms with Crippen LogP contribution in [0.5, 0.6) is 0 Å². The fourth-order valence-electron chi connectivity index (χ4n) is 3.45. The van der Waals surface area contributed by atoms with Crippen molar-refractivity contribution in [2.45, 2.75) is 38.5 Å². The van der Waals surface area contributed by atoms with Crippen molar-refractivity contribution in [2.75, 3.05) is 13.1 Å². The van der Waals surface area contributed by atoms with Gasteiger partial charge in [-0.05, 0) is 13.3 Å². The molecule has 2 aromatic heterocycles. The maximum atomic E-state index is 6.16. The molecular formula is C14H19N5O2. The number of nitrogens with zero attached hydrogens (tertiary/aromatic N) is 4. The number of nitrogens with one attached hydrogen (secondary N) is 1. The molecule has 0 spiro atoms. The van der Waals surface area contributed by atoms with E-state index in [9.17, 15) is 0 Å². The number of fused-ring (bicyclic) bond motifs is 1. The Hall–Kier alpha value is -1.73. The van der Waals surface area contributed by atoms with Crippen LogP contribution in [0.3, 0.4) is 0 Å². The van der Waals surface area contributed by atoms with Gasteiger partial charge in [-0.15, -0.1) is 0 Å². The number of H-pyrrole nitrogens is 1. The molecular weight excluding hydrogens is 270 g/mol. The average molecular weight is 289 g/mol. The number of rotatable bonds is 4. The monoisotopic (exact) mass is 289 g/mol. The van der Waals surface area contributed by atoms with Gasteiger partial charge in [0, 0.05) is 37.3 Å². The lowest BCUT2D eigenvalue weighted by Crippen LogP contribution is -2.25. The van der Waals surface area contributed by atoms with Gasteiger partial charge < -0.3 is 9.26 Å². The molecule has 0 bridgehead atoms. The number of hydrogen-bond donors (Lipinski definition) is 1. The molecule has 2 aliphatic heterocycles. The summed E-state index contributed by atoms with van der Waals surface area (Å²) in [6, 6.07) is 0. The van der Waals surface area contributed by atoms with Gasteiger partial charge in [-0.25, -0.2) is 0 Å². The maximum Gasteiger partial charge on any atom is 0.229 e. The highest BCUT2D eigenvalue weighted by Gasteiger charge is 2.42. The highest BCUT2D eigenvalue weighted by molar-refractivity contribution is 5.04. The van der Waals surface area contributed by atoms with Crippen molar-refractivity contribution in [3.8, 4) is 0 Å². The molecule has 2 aliphatic rings. The molecule has 4 rings (SSSR count). The van der Waals surface area contributed by atoms with Gasteiger partial charge in [-0.1, -0.05) is 5.16 Å². The standard InChI is InChI=1S/C14H19N5O2/c1-9-17-14(21-18-9)3-12-2-11-7-19(8-13(11)20-12)6-10-4-15-16-5-10/h4-5,11-13H,2-3,6-8H2,1H3,(H,15,16)/t11-,12+,13+/m0/s1. The second-order valence-electron chi connectivity index (χ2n) is 6.03. The molecule has 0 radical (unpaired) electrons. The number of aryl methyl sites for hydroxylation is 1. The van der Waals surface area contributed by atoms with Crippen molar-refractivity contribution >= 4 is 0 Å². The van der Waals surface area contributed by atoms with Crippen molar-refractivity contribution < 1.29 is 9.26 Å². The second kappa shape index (κ2) is 5.23. The van der Waals surface area contributed by atoms with E-state index in [1.54, 1.807) is 0 Å². The predicted molar refractivity (Wildman–Crippen MR) is 73.4 cm³/mol.